The summed E-state index contributed by atoms with van der Waals surface area (Å²) >= 11 is 0. The van der Waals surface area contributed by atoms with Crippen molar-refractivity contribution in [3.8, 4) is 11.5 Å². The average Bonchev–Trinajstić information content (AvgIpc) is 2.92. The highest BCUT2D eigenvalue weighted by Crippen LogP contribution is 2.41. The van der Waals surface area contributed by atoms with Crippen molar-refractivity contribution in [2.45, 2.75) is 38.6 Å². The SMILES string of the molecule is CCCc1c(O)c(O)cc2c1CCN(Cc1ccccc1)CC2c1ccccc1. The van der Waals surface area contributed by atoms with Crippen LogP contribution < -0.4 is 0 Å². The molecule has 0 amide bonds. The van der Waals surface area contributed by atoms with Gasteiger partial charge in [-0.1, -0.05) is 74.0 Å². The van der Waals surface area contributed by atoms with Gasteiger partial charge < -0.3 is 10.2 Å². The Kier molecular flexibility index (Phi) is 5.86. The van der Waals surface area contributed by atoms with Gasteiger partial charge in [0, 0.05) is 31.1 Å². The van der Waals surface area contributed by atoms with Gasteiger partial charge in [0.25, 0.3) is 0 Å². The molecule has 3 aromatic carbocycles. The van der Waals surface area contributed by atoms with E-state index in [1.807, 2.05) is 6.07 Å². The molecule has 3 nitrogen and oxygen atoms in total. The molecule has 0 aromatic heterocycles. The number of aromatic hydroxyl groups is 2. The molecule has 1 aliphatic rings. The largest absolute Gasteiger partial charge is 0.504 e. The number of benzene rings is 3. The van der Waals surface area contributed by atoms with Gasteiger partial charge in [0.15, 0.2) is 11.5 Å². The second kappa shape index (κ2) is 8.71. The zero-order valence-corrected chi connectivity index (χ0v) is 17.0. The smallest absolute Gasteiger partial charge is 0.160 e. The lowest BCUT2D eigenvalue weighted by Gasteiger charge is -2.26. The van der Waals surface area contributed by atoms with Gasteiger partial charge in [-0.05, 0) is 41.2 Å². The first-order valence-electron chi connectivity index (χ1n) is 10.5. The molecule has 0 fully saturated rings. The summed E-state index contributed by atoms with van der Waals surface area (Å²) in [4.78, 5) is 2.50. The van der Waals surface area contributed by atoms with Crippen molar-refractivity contribution in [1.82, 2.24) is 4.90 Å². The Morgan fingerprint density at radius 3 is 2.34 bits per heavy atom. The van der Waals surface area contributed by atoms with Crippen molar-refractivity contribution in [2.75, 3.05) is 13.1 Å². The highest BCUT2D eigenvalue weighted by Gasteiger charge is 2.28. The Hall–Kier alpha value is -2.78. The molecule has 1 heterocycles. The molecule has 0 spiro atoms. The van der Waals surface area contributed by atoms with E-state index < -0.39 is 0 Å². The first kappa shape index (κ1) is 19.5. The van der Waals surface area contributed by atoms with Crippen LogP contribution in [0.15, 0.2) is 66.7 Å². The zero-order valence-electron chi connectivity index (χ0n) is 17.0. The van der Waals surface area contributed by atoms with Crippen LogP contribution in [0.3, 0.4) is 0 Å². The fourth-order valence-electron chi connectivity index (χ4n) is 4.57. The predicted octanol–water partition coefficient (Wildman–Crippen LogP) is 5.24. The van der Waals surface area contributed by atoms with Crippen LogP contribution in [-0.2, 0) is 19.4 Å². The molecule has 2 N–H and O–H groups in total. The summed E-state index contributed by atoms with van der Waals surface area (Å²) in [5.41, 5.74) is 5.85. The fourth-order valence-corrected chi connectivity index (χ4v) is 4.57. The van der Waals surface area contributed by atoms with E-state index >= 15 is 0 Å². The van der Waals surface area contributed by atoms with Gasteiger partial charge in [0.2, 0.25) is 0 Å². The molecule has 4 rings (SSSR count). The summed E-state index contributed by atoms with van der Waals surface area (Å²) < 4.78 is 0. The third kappa shape index (κ3) is 4.15. The highest BCUT2D eigenvalue weighted by atomic mass is 16.3. The molecular weight excluding hydrogens is 358 g/mol. The van der Waals surface area contributed by atoms with Crippen LogP contribution >= 0.6 is 0 Å². The third-order valence-corrected chi connectivity index (χ3v) is 5.98. The predicted molar refractivity (Wildman–Crippen MR) is 117 cm³/mol. The number of phenols is 2. The van der Waals surface area contributed by atoms with Gasteiger partial charge in [-0.2, -0.15) is 0 Å². The maximum Gasteiger partial charge on any atom is 0.160 e. The number of rotatable bonds is 5. The quantitative estimate of drug-likeness (QED) is 0.588. The number of hydrogen-bond donors (Lipinski definition) is 2. The number of hydrogen-bond acceptors (Lipinski definition) is 3. The van der Waals surface area contributed by atoms with Gasteiger partial charge in [0.05, 0.1) is 0 Å². The number of fused-ring (bicyclic) bond motifs is 1. The number of phenolic OH excluding ortho intramolecular Hbond substituents is 2. The van der Waals surface area contributed by atoms with Crippen molar-refractivity contribution >= 4 is 0 Å². The molecule has 0 aliphatic carbocycles. The molecule has 1 unspecified atom stereocenters. The summed E-state index contributed by atoms with van der Waals surface area (Å²) in [7, 11) is 0. The zero-order chi connectivity index (χ0) is 20.2. The van der Waals surface area contributed by atoms with E-state index in [0.717, 1.165) is 50.0 Å². The van der Waals surface area contributed by atoms with Crippen LogP contribution in [0.1, 0.15) is 47.1 Å². The molecule has 0 saturated carbocycles. The Morgan fingerprint density at radius 1 is 0.966 bits per heavy atom. The lowest BCUT2D eigenvalue weighted by atomic mass is 9.84. The van der Waals surface area contributed by atoms with E-state index in [-0.39, 0.29) is 17.4 Å². The van der Waals surface area contributed by atoms with E-state index in [2.05, 4.69) is 66.4 Å². The summed E-state index contributed by atoms with van der Waals surface area (Å²) in [6.45, 7) is 4.84. The standard InChI is InChI=1S/C26H29NO2/c1-2-9-22-21-14-15-27(17-19-10-5-3-6-11-19)18-24(20-12-7-4-8-13-20)23(21)16-25(28)26(22)29/h3-8,10-13,16,24,28-29H,2,9,14-15,17-18H2,1H3. The van der Waals surface area contributed by atoms with Gasteiger partial charge in [-0.15, -0.1) is 0 Å². The van der Waals surface area contributed by atoms with Gasteiger partial charge >= 0.3 is 0 Å². The van der Waals surface area contributed by atoms with Gasteiger partial charge in [-0.3, -0.25) is 4.90 Å². The molecular formula is C26H29NO2. The summed E-state index contributed by atoms with van der Waals surface area (Å²) in [6.07, 6.45) is 2.60. The first-order chi connectivity index (χ1) is 14.2. The van der Waals surface area contributed by atoms with Crippen molar-refractivity contribution in [1.29, 1.82) is 0 Å². The lowest BCUT2D eigenvalue weighted by molar-refractivity contribution is 0.268. The van der Waals surface area contributed by atoms with Crippen LogP contribution in [0.4, 0.5) is 0 Å². The maximum atomic E-state index is 10.6. The van der Waals surface area contributed by atoms with E-state index in [4.69, 9.17) is 0 Å². The van der Waals surface area contributed by atoms with E-state index in [9.17, 15) is 10.2 Å². The van der Waals surface area contributed by atoms with E-state index in [1.165, 1.54) is 16.7 Å². The Bertz CT molecular complexity index is 953. The third-order valence-electron chi connectivity index (χ3n) is 5.98. The normalized spacial score (nSPS) is 16.9. The molecule has 1 aliphatic heterocycles. The summed E-state index contributed by atoms with van der Waals surface area (Å²) in [5.74, 6) is 0.234. The Balaban J connectivity index is 1.77. The van der Waals surface area contributed by atoms with Crippen LogP contribution in [0, 0.1) is 0 Å². The average molecular weight is 388 g/mol. The van der Waals surface area contributed by atoms with Crippen molar-refractivity contribution in [3.05, 3.63) is 94.5 Å². The number of nitrogens with zero attached hydrogens (tertiary/aromatic N) is 1. The van der Waals surface area contributed by atoms with Crippen LogP contribution in [0.2, 0.25) is 0 Å². The van der Waals surface area contributed by atoms with E-state index in [0.29, 0.717) is 0 Å². The van der Waals surface area contributed by atoms with Gasteiger partial charge in [-0.25, -0.2) is 0 Å². The highest BCUT2D eigenvalue weighted by molar-refractivity contribution is 5.56. The molecule has 1 atom stereocenters. The minimum Gasteiger partial charge on any atom is -0.504 e. The summed E-state index contributed by atoms with van der Waals surface area (Å²) in [5, 5.41) is 21.0. The van der Waals surface area contributed by atoms with E-state index in [1.54, 1.807) is 6.07 Å². The fraction of sp³-hybridized carbons (Fsp3) is 0.308. The second-order valence-electron chi connectivity index (χ2n) is 7.97. The molecule has 0 saturated heterocycles. The van der Waals surface area contributed by atoms with Crippen LogP contribution in [0.5, 0.6) is 11.5 Å². The van der Waals surface area contributed by atoms with Crippen molar-refractivity contribution in [3.63, 3.8) is 0 Å². The topological polar surface area (TPSA) is 43.7 Å². The Labute approximate surface area is 173 Å². The van der Waals surface area contributed by atoms with Crippen LogP contribution in [0.25, 0.3) is 0 Å². The molecule has 3 aromatic rings. The van der Waals surface area contributed by atoms with Crippen molar-refractivity contribution < 1.29 is 10.2 Å². The minimum absolute atomic E-state index is 0.00430. The van der Waals surface area contributed by atoms with Gasteiger partial charge in [0.1, 0.15) is 0 Å². The molecule has 150 valence electrons. The first-order valence-corrected chi connectivity index (χ1v) is 10.5. The summed E-state index contributed by atoms with van der Waals surface area (Å²) in [6, 6.07) is 22.9. The molecule has 29 heavy (non-hydrogen) atoms. The lowest BCUT2D eigenvalue weighted by Crippen LogP contribution is -2.28. The van der Waals surface area contributed by atoms with Crippen LogP contribution in [-0.4, -0.2) is 28.2 Å². The molecule has 0 bridgehead atoms. The maximum absolute atomic E-state index is 10.6. The monoisotopic (exact) mass is 387 g/mol. The van der Waals surface area contributed by atoms with Crippen molar-refractivity contribution in [2.24, 2.45) is 0 Å². The minimum atomic E-state index is 0.00430. The molecule has 0 radical (unpaired) electrons. The second-order valence-corrected chi connectivity index (χ2v) is 7.97. The Morgan fingerprint density at radius 2 is 1.66 bits per heavy atom. The molecule has 3 heteroatoms.